The molecular weight excluding hydrogens is 518 g/mol. The van der Waals surface area contributed by atoms with Crippen molar-refractivity contribution in [2.75, 3.05) is 32.8 Å². The number of aliphatic hydroxyl groups is 1. The zero-order valence-corrected chi connectivity index (χ0v) is 29.1. The van der Waals surface area contributed by atoms with E-state index in [0.717, 1.165) is 38.6 Å². The van der Waals surface area contributed by atoms with E-state index >= 15 is 0 Å². The SMILES string of the molecule is CCCCCCCCC(CCCCCC)C(=O)OCCCCCCCCCCCCN(CCCCO)CCCCCC. The topological polar surface area (TPSA) is 49.8 Å². The molecule has 0 saturated carbocycles. The molecule has 0 fully saturated rings. The van der Waals surface area contributed by atoms with Gasteiger partial charge in [-0.2, -0.15) is 0 Å². The van der Waals surface area contributed by atoms with Crippen LogP contribution in [0.15, 0.2) is 0 Å². The van der Waals surface area contributed by atoms with Gasteiger partial charge in [0.05, 0.1) is 12.5 Å². The maximum Gasteiger partial charge on any atom is 0.308 e. The van der Waals surface area contributed by atoms with Crippen molar-refractivity contribution in [2.24, 2.45) is 5.92 Å². The van der Waals surface area contributed by atoms with E-state index < -0.39 is 0 Å². The second-order valence-electron chi connectivity index (χ2n) is 13.1. The molecule has 4 heteroatoms. The van der Waals surface area contributed by atoms with Crippen LogP contribution in [-0.2, 0) is 9.53 Å². The molecular formula is C38H77NO3. The van der Waals surface area contributed by atoms with Gasteiger partial charge in [0, 0.05) is 6.61 Å². The molecule has 0 aliphatic heterocycles. The Labute approximate surface area is 264 Å². The molecule has 0 bridgehead atoms. The average Bonchev–Trinajstić information content (AvgIpc) is 3.00. The number of ether oxygens (including phenoxy) is 1. The van der Waals surface area contributed by atoms with E-state index in [1.165, 1.54) is 161 Å². The predicted molar refractivity (Wildman–Crippen MR) is 184 cm³/mol. The number of hydrogen-bond donors (Lipinski definition) is 1. The number of hydrogen-bond acceptors (Lipinski definition) is 4. The molecule has 0 aromatic carbocycles. The van der Waals surface area contributed by atoms with Crippen molar-refractivity contribution in [3.05, 3.63) is 0 Å². The van der Waals surface area contributed by atoms with Gasteiger partial charge in [0.2, 0.25) is 0 Å². The highest BCUT2D eigenvalue weighted by molar-refractivity contribution is 5.72. The summed E-state index contributed by atoms with van der Waals surface area (Å²) in [6.07, 6.45) is 35.1. The fraction of sp³-hybridized carbons (Fsp3) is 0.974. The van der Waals surface area contributed by atoms with Gasteiger partial charge in [-0.1, -0.05) is 156 Å². The van der Waals surface area contributed by atoms with Crippen LogP contribution in [0.1, 0.15) is 201 Å². The largest absolute Gasteiger partial charge is 0.465 e. The number of nitrogens with zero attached hydrogens (tertiary/aromatic N) is 1. The van der Waals surface area contributed by atoms with Crippen LogP contribution in [0, 0.1) is 5.92 Å². The van der Waals surface area contributed by atoms with Gasteiger partial charge in [0.1, 0.15) is 0 Å². The Morgan fingerprint density at radius 2 is 0.857 bits per heavy atom. The van der Waals surface area contributed by atoms with E-state index in [4.69, 9.17) is 9.84 Å². The molecule has 0 spiro atoms. The zero-order chi connectivity index (χ0) is 30.8. The molecule has 0 rings (SSSR count). The van der Waals surface area contributed by atoms with Gasteiger partial charge in [-0.05, 0) is 64.6 Å². The summed E-state index contributed by atoms with van der Waals surface area (Å²) in [4.78, 5) is 15.4. The highest BCUT2D eigenvalue weighted by Crippen LogP contribution is 2.21. The van der Waals surface area contributed by atoms with Gasteiger partial charge in [-0.3, -0.25) is 4.79 Å². The van der Waals surface area contributed by atoms with Gasteiger partial charge in [0.25, 0.3) is 0 Å². The van der Waals surface area contributed by atoms with Crippen LogP contribution in [0.3, 0.4) is 0 Å². The van der Waals surface area contributed by atoms with Gasteiger partial charge in [-0.25, -0.2) is 0 Å². The van der Waals surface area contributed by atoms with Crippen LogP contribution in [0.5, 0.6) is 0 Å². The number of unbranched alkanes of at least 4 members (excludes halogenated alkanes) is 21. The first kappa shape index (κ1) is 41.4. The zero-order valence-electron chi connectivity index (χ0n) is 29.1. The summed E-state index contributed by atoms with van der Waals surface area (Å²) >= 11 is 0. The van der Waals surface area contributed by atoms with Crippen molar-refractivity contribution >= 4 is 5.97 Å². The Bertz CT molecular complexity index is 526. The molecule has 4 nitrogen and oxygen atoms in total. The van der Waals surface area contributed by atoms with Gasteiger partial charge < -0.3 is 14.7 Å². The van der Waals surface area contributed by atoms with Gasteiger partial charge in [-0.15, -0.1) is 0 Å². The van der Waals surface area contributed by atoms with E-state index in [1.807, 2.05) is 0 Å². The predicted octanol–water partition coefficient (Wildman–Crippen LogP) is 11.4. The molecule has 252 valence electrons. The summed E-state index contributed by atoms with van der Waals surface area (Å²) in [6.45, 7) is 11.4. The van der Waals surface area contributed by atoms with Crippen LogP contribution in [-0.4, -0.2) is 48.8 Å². The third kappa shape index (κ3) is 29.5. The fourth-order valence-electron chi connectivity index (χ4n) is 6.06. The number of aliphatic hydroxyl groups excluding tert-OH is 1. The van der Waals surface area contributed by atoms with Gasteiger partial charge in [0.15, 0.2) is 0 Å². The molecule has 0 radical (unpaired) electrons. The normalized spacial score (nSPS) is 12.3. The maximum atomic E-state index is 12.8. The molecule has 0 amide bonds. The summed E-state index contributed by atoms with van der Waals surface area (Å²) in [7, 11) is 0. The molecule has 0 aromatic heterocycles. The number of rotatable bonds is 35. The summed E-state index contributed by atoms with van der Waals surface area (Å²) in [5.41, 5.74) is 0. The van der Waals surface area contributed by atoms with E-state index in [2.05, 4.69) is 25.7 Å². The molecule has 0 saturated heterocycles. The smallest absolute Gasteiger partial charge is 0.308 e. The number of carbonyl (C=O) groups is 1. The van der Waals surface area contributed by atoms with Crippen molar-refractivity contribution in [1.29, 1.82) is 0 Å². The first-order valence-electron chi connectivity index (χ1n) is 19.2. The van der Waals surface area contributed by atoms with Crippen molar-refractivity contribution < 1.29 is 14.6 Å². The Kier molecular flexibility index (Phi) is 34.4. The lowest BCUT2D eigenvalue weighted by Crippen LogP contribution is -2.27. The molecule has 0 heterocycles. The maximum absolute atomic E-state index is 12.8. The Morgan fingerprint density at radius 3 is 1.33 bits per heavy atom. The lowest BCUT2D eigenvalue weighted by Gasteiger charge is -2.22. The lowest BCUT2D eigenvalue weighted by molar-refractivity contribution is -0.149. The summed E-state index contributed by atoms with van der Waals surface area (Å²) in [6, 6.07) is 0. The minimum absolute atomic E-state index is 0.0878. The number of carbonyl (C=O) groups excluding carboxylic acids is 1. The highest BCUT2D eigenvalue weighted by atomic mass is 16.5. The van der Waals surface area contributed by atoms with Crippen molar-refractivity contribution in [3.8, 4) is 0 Å². The van der Waals surface area contributed by atoms with E-state index in [0.29, 0.717) is 13.2 Å². The number of esters is 1. The van der Waals surface area contributed by atoms with Gasteiger partial charge >= 0.3 is 5.97 Å². The molecule has 1 atom stereocenters. The molecule has 42 heavy (non-hydrogen) atoms. The third-order valence-corrected chi connectivity index (χ3v) is 8.97. The van der Waals surface area contributed by atoms with Crippen molar-refractivity contribution in [2.45, 2.75) is 201 Å². The third-order valence-electron chi connectivity index (χ3n) is 8.97. The minimum atomic E-state index is 0.0878. The Morgan fingerprint density at radius 1 is 0.500 bits per heavy atom. The van der Waals surface area contributed by atoms with E-state index in [1.54, 1.807) is 0 Å². The van der Waals surface area contributed by atoms with E-state index in [9.17, 15) is 4.79 Å². The first-order valence-corrected chi connectivity index (χ1v) is 19.2. The summed E-state index contributed by atoms with van der Waals surface area (Å²) < 4.78 is 5.76. The molecule has 0 aromatic rings. The molecule has 0 aliphatic rings. The van der Waals surface area contributed by atoms with Crippen LogP contribution in [0.4, 0.5) is 0 Å². The quantitative estimate of drug-likeness (QED) is 0.0585. The van der Waals surface area contributed by atoms with Crippen LogP contribution in [0.2, 0.25) is 0 Å². The standard InChI is InChI=1S/C38H77NO3/c1-4-7-10-13-20-24-31-37(30-23-11-8-5-2)38(41)42-36-29-22-19-17-15-14-16-18-21-26-33-39(34-27-28-35-40)32-25-12-9-6-3/h37,40H,4-36H2,1-3H3. The van der Waals surface area contributed by atoms with Crippen LogP contribution in [0.25, 0.3) is 0 Å². The fourth-order valence-corrected chi connectivity index (χ4v) is 6.06. The summed E-state index contributed by atoms with van der Waals surface area (Å²) in [5, 5.41) is 9.10. The summed E-state index contributed by atoms with van der Waals surface area (Å²) in [5.74, 6) is 0.220. The molecule has 0 aliphatic carbocycles. The molecule has 1 N–H and O–H groups in total. The van der Waals surface area contributed by atoms with Crippen LogP contribution >= 0.6 is 0 Å². The Balaban J connectivity index is 3.83. The lowest BCUT2D eigenvalue weighted by atomic mass is 9.94. The van der Waals surface area contributed by atoms with Crippen LogP contribution < -0.4 is 0 Å². The average molecular weight is 596 g/mol. The second-order valence-corrected chi connectivity index (χ2v) is 13.1. The van der Waals surface area contributed by atoms with Crippen molar-refractivity contribution in [3.63, 3.8) is 0 Å². The Hall–Kier alpha value is -0.610. The van der Waals surface area contributed by atoms with Crippen molar-refractivity contribution in [1.82, 2.24) is 4.90 Å². The minimum Gasteiger partial charge on any atom is -0.465 e. The monoisotopic (exact) mass is 596 g/mol. The van der Waals surface area contributed by atoms with E-state index in [-0.39, 0.29) is 11.9 Å². The highest BCUT2D eigenvalue weighted by Gasteiger charge is 2.19. The molecule has 1 unspecified atom stereocenters. The second kappa shape index (κ2) is 34.9. The first-order chi connectivity index (χ1) is 20.7.